The van der Waals surface area contributed by atoms with Crippen molar-refractivity contribution in [1.82, 2.24) is 0 Å². The Bertz CT molecular complexity index is 459. The first kappa shape index (κ1) is 16.0. The first-order valence-electron chi connectivity index (χ1n) is 7.49. The Balaban J connectivity index is 2.05. The van der Waals surface area contributed by atoms with Gasteiger partial charge in [0.2, 0.25) is 0 Å². The van der Waals surface area contributed by atoms with E-state index >= 15 is 0 Å². The van der Waals surface area contributed by atoms with Crippen molar-refractivity contribution in [3.63, 3.8) is 0 Å². The molecular formula is C17H25BrFN. The third-order valence-corrected chi connectivity index (χ3v) is 5.31. The van der Waals surface area contributed by atoms with Gasteiger partial charge < -0.3 is 5.73 Å². The van der Waals surface area contributed by atoms with Crippen LogP contribution in [0.5, 0.6) is 0 Å². The van der Waals surface area contributed by atoms with Crippen LogP contribution in [0.3, 0.4) is 0 Å². The van der Waals surface area contributed by atoms with Gasteiger partial charge in [-0.15, -0.1) is 0 Å². The highest BCUT2D eigenvalue weighted by molar-refractivity contribution is 9.10. The summed E-state index contributed by atoms with van der Waals surface area (Å²) in [5.41, 5.74) is 7.36. The summed E-state index contributed by atoms with van der Waals surface area (Å²) in [5.74, 6) is 0.981. The lowest BCUT2D eigenvalue weighted by Crippen LogP contribution is -2.31. The van der Waals surface area contributed by atoms with E-state index in [9.17, 15) is 4.39 Å². The molecule has 2 N–H and O–H groups in total. The van der Waals surface area contributed by atoms with Crippen LogP contribution in [0.15, 0.2) is 22.7 Å². The predicted molar refractivity (Wildman–Crippen MR) is 85.9 cm³/mol. The quantitative estimate of drug-likeness (QED) is 0.761. The number of nitrogens with two attached hydrogens (primary N) is 1. The van der Waals surface area contributed by atoms with E-state index in [-0.39, 0.29) is 11.9 Å². The first-order chi connectivity index (χ1) is 9.29. The summed E-state index contributed by atoms with van der Waals surface area (Å²) in [6.07, 6.45) is 4.62. The lowest BCUT2D eigenvalue weighted by Gasteiger charge is -2.38. The highest BCUT2D eigenvalue weighted by atomic mass is 79.9. The molecule has 1 aliphatic rings. The van der Waals surface area contributed by atoms with Gasteiger partial charge in [-0.2, -0.15) is 0 Å². The van der Waals surface area contributed by atoms with Gasteiger partial charge in [0.15, 0.2) is 0 Å². The molecule has 1 saturated carbocycles. The zero-order valence-electron chi connectivity index (χ0n) is 12.6. The van der Waals surface area contributed by atoms with Gasteiger partial charge in [-0.05, 0) is 61.1 Å². The van der Waals surface area contributed by atoms with E-state index < -0.39 is 0 Å². The average molecular weight is 342 g/mol. The number of hydrogen-bond donors (Lipinski definition) is 1. The molecule has 20 heavy (non-hydrogen) atoms. The standard InChI is InChI=1S/C17H25BrFN/c1-17(2,3)12-6-4-11(5-7-12)16(20)14-10-13(18)8-9-15(14)19/h8-12,16H,4-7,20H2,1-3H3. The van der Waals surface area contributed by atoms with Gasteiger partial charge in [-0.3, -0.25) is 0 Å². The molecular weight excluding hydrogens is 317 g/mol. The molecule has 1 atom stereocenters. The smallest absolute Gasteiger partial charge is 0.128 e. The molecule has 0 radical (unpaired) electrons. The molecule has 1 aliphatic carbocycles. The summed E-state index contributed by atoms with van der Waals surface area (Å²) >= 11 is 3.40. The summed E-state index contributed by atoms with van der Waals surface area (Å²) in [5, 5.41) is 0. The van der Waals surface area contributed by atoms with E-state index in [0.717, 1.165) is 23.2 Å². The van der Waals surface area contributed by atoms with Crippen molar-refractivity contribution in [3.8, 4) is 0 Å². The Hall–Kier alpha value is -0.410. The van der Waals surface area contributed by atoms with Crippen LogP contribution in [0.2, 0.25) is 0 Å². The lowest BCUT2D eigenvalue weighted by molar-refractivity contribution is 0.139. The van der Waals surface area contributed by atoms with Gasteiger partial charge in [0.1, 0.15) is 5.82 Å². The van der Waals surface area contributed by atoms with Gasteiger partial charge in [0.25, 0.3) is 0 Å². The Morgan fingerprint density at radius 2 is 1.80 bits per heavy atom. The SMILES string of the molecule is CC(C)(C)C1CCC(C(N)c2cc(Br)ccc2F)CC1. The largest absolute Gasteiger partial charge is 0.324 e. The monoisotopic (exact) mass is 341 g/mol. The minimum atomic E-state index is -0.187. The van der Waals surface area contributed by atoms with Gasteiger partial charge in [0.05, 0.1) is 0 Å². The molecule has 0 aromatic heterocycles. The second-order valence-electron chi connectivity index (χ2n) is 7.17. The fourth-order valence-electron chi connectivity index (χ4n) is 3.37. The minimum absolute atomic E-state index is 0.182. The second-order valence-corrected chi connectivity index (χ2v) is 8.09. The van der Waals surface area contributed by atoms with Crippen molar-refractivity contribution < 1.29 is 4.39 Å². The van der Waals surface area contributed by atoms with E-state index in [1.54, 1.807) is 6.07 Å². The van der Waals surface area contributed by atoms with E-state index in [1.165, 1.54) is 18.9 Å². The molecule has 0 aliphatic heterocycles. The van der Waals surface area contributed by atoms with Crippen LogP contribution in [-0.4, -0.2) is 0 Å². The summed E-state index contributed by atoms with van der Waals surface area (Å²) in [6, 6.07) is 4.87. The fourth-order valence-corrected chi connectivity index (χ4v) is 3.75. The van der Waals surface area contributed by atoms with Crippen molar-refractivity contribution in [2.75, 3.05) is 0 Å². The molecule has 112 valence electrons. The molecule has 1 nitrogen and oxygen atoms in total. The van der Waals surface area contributed by atoms with Gasteiger partial charge >= 0.3 is 0 Å². The molecule has 1 aromatic rings. The van der Waals surface area contributed by atoms with Crippen LogP contribution in [0.25, 0.3) is 0 Å². The third-order valence-electron chi connectivity index (χ3n) is 4.82. The average Bonchev–Trinajstić information content (AvgIpc) is 2.40. The maximum absolute atomic E-state index is 13.9. The lowest BCUT2D eigenvalue weighted by atomic mass is 9.68. The molecule has 0 heterocycles. The fraction of sp³-hybridized carbons (Fsp3) is 0.647. The Kier molecular flexibility index (Phi) is 4.91. The molecule has 0 amide bonds. The van der Waals surface area contributed by atoms with Crippen LogP contribution < -0.4 is 5.73 Å². The minimum Gasteiger partial charge on any atom is -0.324 e. The van der Waals surface area contributed by atoms with Gasteiger partial charge in [-0.1, -0.05) is 36.7 Å². The second kappa shape index (κ2) is 6.15. The van der Waals surface area contributed by atoms with Crippen molar-refractivity contribution in [1.29, 1.82) is 0 Å². The maximum Gasteiger partial charge on any atom is 0.128 e. The summed E-state index contributed by atoms with van der Waals surface area (Å²) < 4.78 is 14.8. The van der Waals surface area contributed by atoms with E-state index in [0.29, 0.717) is 16.9 Å². The molecule has 1 unspecified atom stereocenters. The van der Waals surface area contributed by atoms with E-state index in [2.05, 4.69) is 36.7 Å². The normalized spacial score (nSPS) is 25.5. The van der Waals surface area contributed by atoms with Gasteiger partial charge in [0, 0.05) is 16.1 Å². The molecule has 1 aromatic carbocycles. The third kappa shape index (κ3) is 3.62. The summed E-state index contributed by atoms with van der Waals surface area (Å²) in [7, 11) is 0. The number of hydrogen-bond acceptors (Lipinski definition) is 1. The van der Waals surface area contributed by atoms with Crippen LogP contribution in [0.1, 0.15) is 58.1 Å². The first-order valence-corrected chi connectivity index (χ1v) is 8.29. The number of rotatable bonds is 2. The summed E-state index contributed by atoms with van der Waals surface area (Å²) in [4.78, 5) is 0. The number of halogens is 2. The Morgan fingerprint density at radius 1 is 1.20 bits per heavy atom. The Labute approximate surface area is 130 Å². The van der Waals surface area contributed by atoms with Crippen LogP contribution in [0.4, 0.5) is 4.39 Å². The van der Waals surface area contributed by atoms with Crippen molar-refractivity contribution >= 4 is 15.9 Å². The molecule has 3 heteroatoms. The van der Waals surface area contributed by atoms with Crippen LogP contribution in [-0.2, 0) is 0 Å². The topological polar surface area (TPSA) is 26.0 Å². The molecule has 0 spiro atoms. The van der Waals surface area contributed by atoms with Crippen LogP contribution in [0, 0.1) is 23.1 Å². The molecule has 0 bridgehead atoms. The van der Waals surface area contributed by atoms with Crippen LogP contribution >= 0.6 is 15.9 Å². The predicted octanol–water partition coefficient (Wildman–Crippen LogP) is 5.44. The highest BCUT2D eigenvalue weighted by Gasteiger charge is 2.32. The van der Waals surface area contributed by atoms with Gasteiger partial charge in [-0.25, -0.2) is 4.39 Å². The molecule has 0 saturated heterocycles. The van der Waals surface area contributed by atoms with Crippen molar-refractivity contribution in [3.05, 3.63) is 34.1 Å². The zero-order valence-corrected chi connectivity index (χ0v) is 14.2. The molecule has 1 fully saturated rings. The number of benzene rings is 1. The highest BCUT2D eigenvalue weighted by Crippen LogP contribution is 2.43. The van der Waals surface area contributed by atoms with E-state index in [4.69, 9.17) is 5.73 Å². The van der Waals surface area contributed by atoms with Crippen molar-refractivity contribution in [2.45, 2.75) is 52.5 Å². The van der Waals surface area contributed by atoms with Crippen molar-refractivity contribution in [2.24, 2.45) is 23.0 Å². The molecule has 2 rings (SSSR count). The zero-order chi connectivity index (χ0) is 14.9. The van der Waals surface area contributed by atoms with E-state index in [1.807, 2.05) is 6.07 Å². The summed E-state index contributed by atoms with van der Waals surface area (Å²) in [6.45, 7) is 6.93. The maximum atomic E-state index is 13.9. The Morgan fingerprint density at radius 3 is 2.35 bits per heavy atom.